The molecule has 0 spiro atoms. The average Bonchev–Trinajstić information content (AvgIpc) is 2.76. The summed E-state index contributed by atoms with van der Waals surface area (Å²) in [7, 11) is 0. The van der Waals surface area contributed by atoms with E-state index in [-0.39, 0.29) is 17.9 Å². The second kappa shape index (κ2) is 3.84. The number of benzene rings is 1. The Morgan fingerprint density at radius 3 is 3.00 bits per heavy atom. The molecule has 0 bridgehead atoms. The fourth-order valence-electron chi connectivity index (χ4n) is 2.46. The van der Waals surface area contributed by atoms with Gasteiger partial charge in [-0.25, -0.2) is 0 Å². The van der Waals surface area contributed by atoms with E-state index in [0.29, 0.717) is 17.8 Å². The molecule has 0 radical (unpaired) electrons. The number of anilines is 1. The maximum absolute atomic E-state index is 12.3. The molecule has 0 aromatic heterocycles. The Kier molecular flexibility index (Phi) is 2.43. The van der Waals surface area contributed by atoms with Crippen molar-refractivity contribution in [1.29, 1.82) is 0 Å². The van der Waals surface area contributed by atoms with Crippen LogP contribution < -0.4 is 5.32 Å². The third kappa shape index (κ3) is 1.65. The summed E-state index contributed by atoms with van der Waals surface area (Å²) < 4.78 is 0.844. The Bertz CT molecular complexity index is 515. The van der Waals surface area contributed by atoms with Crippen molar-refractivity contribution in [2.24, 2.45) is 0 Å². The molecule has 0 aliphatic carbocycles. The first-order chi connectivity index (χ1) is 8.16. The van der Waals surface area contributed by atoms with Crippen molar-refractivity contribution in [3.8, 4) is 0 Å². The summed E-state index contributed by atoms with van der Waals surface area (Å²) in [5, 5.41) is 2.83. The third-order valence-electron chi connectivity index (χ3n) is 3.29. The number of carbonyl (C=O) groups is 2. The number of fused-ring (bicyclic) bond motifs is 2. The Hall–Kier alpha value is -1.36. The lowest BCUT2D eigenvalue weighted by atomic mass is 10.1. The molecule has 1 aromatic carbocycles. The summed E-state index contributed by atoms with van der Waals surface area (Å²) in [6.07, 6.45) is 1.65. The Morgan fingerprint density at radius 1 is 1.35 bits per heavy atom. The molecule has 1 unspecified atom stereocenters. The number of hydrogen-bond donors (Lipinski definition) is 1. The molecule has 1 atom stereocenters. The van der Waals surface area contributed by atoms with Gasteiger partial charge in [-0.3, -0.25) is 9.59 Å². The number of nitrogens with one attached hydrogen (secondary N) is 1. The molecule has 1 N–H and O–H groups in total. The van der Waals surface area contributed by atoms with Crippen LogP contribution in [0.3, 0.4) is 0 Å². The third-order valence-corrected chi connectivity index (χ3v) is 3.78. The second-order valence-corrected chi connectivity index (χ2v) is 5.25. The minimum absolute atomic E-state index is 0.0536. The lowest BCUT2D eigenvalue weighted by Crippen LogP contribution is -2.40. The molecule has 17 heavy (non-hydrogen) atoms. The molecule has 1 aromatic rings. The predicted octanol–water partition coefficient (Wildman–Crippen LogP) is 2.01. The average molecular weight is 295 g/mol. The van der Waals surface area contributed by atoms with Gasteiger partial charge in [0.15, 0.2) is 0 Å². The van der Waals surface area contributed by atoms with E-state index in [1.807, 2.05) is 6.07 Å². The summed E-state index contributed by atoms with van der Waals surface area (Å²) in [5.74, 6) is -0.126. The Balaban J connectivity index is 2.12. The van der Waals surface area contributed by atoms with E-state index in [1.165, 1.54) is 0 Å². The minimum Gasteiger partial charge on any atom is -0.327 e. The number of halogens is 1. The van der Waals surface area contributed by atoms with Gasteiger partial charge in [0.2, 0.25) is 5.91 Å². The van der Waals surface area contributed by atoms with Crippen molar-refractivity contribution in [3.05, 3.63) is 28.2 Å². The molecule has 2 amide bonds. The van der Waals surface area contributed by atoms with E-state index in [1.54, 1.807) is 17.0 Å². The van der Waals surface area contributed by atoms with E-state index in [0.717, 1.165) is 17.3 Å². The molecule has 5 heteroatoms. The smallest absolute Gasteiger partial charge is 0.256 e. The Labute approximate surface area is 107 Å². The number of rotatable bonds is 0. The highest BCUT2D eigenvalue weighted by molar-refractivity contribution is 9.10. The molecule has 4 nitrogen and oxygen atoms in total. The van der Waals surface area contributed by atoms with E-state index < -0.39 is 0 Å². The van der Waals surface area contributed by atoms with E-state index in [9.17, 15) is 9.59 Å². The van der Waals surface area contributed by atoms with Gasteiger partial charge in [0.25, 0.3) is 5.91 Å². The fourth-order valence-corrected chi connectivity index (χ4v) is 2.82. The summed E-state index contributed by atoms with van der Waals surface area (Å²) in [6, 6.07) is 5.05. The first-order valence-corrected chi connectivity index (χ1v) is 6.37. The molecule has 3 rings (SSSR count). The van der Waals surface area contributed by atoms with E-state index in [2.05, 4.69) is 21.2 Å². The molecule has 1 saturated heterocycles. The highest BCUT2D eigenvalue weighted by Gasteiger charge is 2.38. The molecule has 2 aliphatic rings. The molecule has 0 saturated carbocycles. The van der Waals surface area contributed by atoms with Crippen LogP contribution in [0.4, 0.5) is 5.69 Å². The van der Waals surface area contributed by atoms with Crippen molar-refractivity contribution in [3.63, 3.8) is 0 Å². The highest BCUT2D eigenvalue weighted by Crippen LogP contribution is 2.30. The zero-order valence-electron chi connectivity index (χ0n) is 9.07. The van der Waals surface area contributed by atoms with Crippen molar-refractivity contribution >= 4 is 33.4 Å². The zero-order valence-corrected chi connectivity index (χ0v) is 10.7. The maximum atomic E-state index is 12.3. The highest BCUT2D eigenvalue weighted by atomic mass is 79.9. The van der Waals surface area contributed by atoms with Gasteiger partial charge in [-0.05, 0) is 31.0 Å². The van der Waals surface area contributed by atoms with Gasteiger partial charge < -0.3 is 10.2 Å². The monoisotopic (exact) mass is 294 g/mol. The number of nitrogens with zero attached hydrogens (tertiary/aromatic N) is 1. The van der Waals surface area contributed by atoms with Gasteiger partial charge in [0, 0.05) is 11.0 Å². The van der Waals surface area contributed by atoms with Gasteiger partial charge in [-0.2, -0.15) is 0 Å². The summed E-state index contributed by atoms with van der Waals surface area (Å²) >= 11 is 3.35. The normalized spacial score (nSPS) is 22.9. The summed E-state index contributed by atoms with van der Waals surface area (Å²) in [6.45, 7) is 0.670. The van der Waals surface area contributed by atoms with Crippen LogP contribution in [0.25, 0.3) is 0 Å². The first kappa shape index (κ1) is 10.8. The van der Waals surface area contributed by atoms with Crippen LogP contribution in [0.5, 0.6) is 0 Å². The van der Waals surface area contributed by atoms with Crippen LogP contribution >= 0.6 is 15.9 Å². The largest absolute Gasteiger partial charge is 0.327 e. The van der Waals surface area contributed by atoms with Crippen molar-refractivity contribution in [2.75, 3.05) is 11.9 Å². The minimum atomic E-state index is -0.298. The summed E-state index contributed by atoms with van der Waals surface area (Å²) in [5.41, 5.74) is 1.18. The van der Waals surface area contributed by atoms with Crippen LogP contribution in [-0.4, -0.2) is 29.3 Å². The second-order valence-electron chi connectivity index (χ2n) is 4.34. The first-order valence-electron chi connectivity index (χ1n) is 5.58. The van der Waals surface area contributed by atoms with Crippen molar-refractivity contribution in [1.82, 2.24) is 4.90 Å². The zero-order chi connectivity index (χ0) is 12.0. The van der Waals surface area contributed by atoms with Gasteiger partial charge in [-0.1, -0.05) is 15.9 Å². The maximum Gasteiger partial charge on any atom is 0.256 e. The summed E-state index contributed by atoms with van der Waals surface area (Å²) in [4.78, 5) is 26.0. The van der Waals surface area contributed by atoms with Crippen LogP contribution in [0.15, 0.2) is 22.7 Å². The SMILES string of the molecule is O=C1Nc2ccc(Br)cc2C(=O)N2CCCC12. The van der Waals surface area contributed by atoms with Crippen LogP contribution in [0, 0.1) is 0 Å². The van der Waals surface area contributed by atoms with Crippen molar-refractivity contribution < 1.29 is 9.59 Å². The lowest BCUT2D eigenvalue weighted by molar-refractivity contribution is -0.119. The van der Waals surface area contributed by atoms with Gasteiger partial charge >= 0.3 is 0 Å². The molecule has 2 aliphatic heterocycles. The Morgan fingerprint density at radius 2 is 2.18 bits per heavy atom. The van der Waals surface area contributed by atoms with Crippen LogP contribution in [0.1, 0.15) is 23.2 Å². The van der Waals surface area contributed by atoms with Gasteiger partial charge in [0.1, 0.15) is 6.04 Å². The molecular weight excluding hydrogens is 284 g/mol. The quantitative estimate of drug-likeness (QED) is 0.796. The lowest BCUT2D eigenvalue weighted by Gasteiger charge is -2.19. The number of amides is 2. The van der Waals surface area contributed by atoms with Crippen molar-refractivity contribution in [2.45, 2.75) is 18.9 Å². The predicted molar refractivity (Wildman–Crippen MR) is 66.8 cm³/mol. The number of hydrogen-bond acceptors (Lipinski definition) is 2. The molecule has 1 fully saturated rings. The van der Waals surface area contributed by atoms with Crippen LogP contribution in [0.2, 0.25) is 0 Å². The van der Waals surface area contributed by atoms with Crippen LogP contribution in [-0.2, 0) is 4.79 Å². The molecule has 88 valence electrons. The van der Waals surface area contributed by atoms with Gasteiger partial charge in [-0.15, -0.1) is 0 Å². The number of carbonyl (C=O) groups excluding carboxylic acids is 2. The standard InChI is InChI=1S/C12H11BrN2O2/c13-7-3-4-9-8(6-7)12(17)15-5-1-2-10(15)11(16)14-9/h3-4,6,10H,1-2,5H2,(H,14,16). The van der Waals surface area contributed by atoms with E-state index in [4.69, 9.17) is 0 Å². The van der Waals surface area contributed by atoms with E-state index >= 15 is 0 Å². The van der Waals surface area contributed by atoms with Gasteiger partial charge in [0.05, 0.1) is 11.3 Å². The topological polar surface area (TPSA) is 49.4 Å². The molecule has 2 heterocycles. The molecular formula is C12H11BrN2O2. The fraction of sp³-hybridized carbons (Fsp3) is 0.333.